The minimum atomic E-state index is -0.931. The summed E-state index contributed by atoms with van der Waals surface area (Å²) in [7, 11) is 1.93. The average Bonchev–Trinajstić information content (AvgIpc) is 3.61. The molecule has 13 heteroatoms. The summed E-state index contributed by atoms with van der Waals surface area (Å²) in [5.41, 5.74) is 1.87. The average molecular weight is 768 g/mol. The number of thiazole rings is 1. The summed E-state index contributed by atoms with van der Waals surface area (Å²) < 4.78 is 5.64. The lowest BCUT2D eigenvalue weighted by Crippen LogP contribution is -2.57. The number of esters is 1. The smallest absolute Gasteiger partial charge is 0.307 e. The number of Topliss-reactive ketones (excluding diaryl/α,β-unsaturated/α-hetero) is 1. The highest BCUT2D eigenvalue weighted by molar-refractivity contribution is 7.09. The fourth-order valence-electron chi connectivity index (χ4n) is 6.70. The molecule has 54 heavy (non-hydrogen) atoms. The zero-order valence-electron chi connectivity index (χ0n) is 33.4. The summed E-state index contributed by atoms with van der Waals surface area (Å²) in [6.45, 7) is 13.5. The number of piperidine rings is 1. The number of phenolic OH excluding ortho intramolecular Hbond substituents is 1. The molecule has 0 aliphatic carbocycles. The van der Waals surface area contributed by atoms with Gasteiger partial charge >= 0.3 is 5.97 Å². The molecular weight excluding hydrogens is 707 g/mol. The number of aryl methyl sites for hydroxylation is 1. The number of aromatic hydroxyl groups is 1. The minimum Gasteiger partial charge on any atom is -0.508 e. The van der Waals surface area contributed by atoms with E-state index in [4.69, 9.17) is 4.74 Å². The van der Waals surface area contributed by atoms with Crippen LogP contribution in [0.1, 0.15) is 114 Å². The van der Waals surface area contributed by atoms with Crippen LogP contribution in [0.5, 0.6) is 5.75 Å². The van der Waals surface area contributed by atoms with E-state index in [1.165, 1.54) is 11.3 Å². The van der Waals surface area contributed by atoms with Crippen molar-refractivity contribution in [2.75, 3.05) is 20.3 Å². The quantitative estimate of drug-likeness (QED) is 0.0857. The number of aromatic nitrogens is 1. The molecular formula is C41H61N5O7S. The van der Waals surface area contributed by atoms with Gasteiger partial charge in [-0.2, -0.15) is 0 Å². The van der Waals surface area contributed by atoms with Gasteiger partial charge in [-0.1, -0.05) is 52.3 Å². The van der Waals surface area contributed by atoms with E-state index in [9.17, 15) is 29.1 Å². The van der Waals surface area contributed by atoms with Gasteiger partial charge < -0.3 is 25.4 Å². The monoisotopic (exact) mass is 767 g/mol. The summed E-state index contributed by atoms with van der Waals surface area (Å²) >= 11 is 1.35. The van der Waals surface area contributed by atoms with Gasteiger partial charge in [0.1, 0.15) is 23.3 Å². The van der Waals surface area contributed by atoms with Crippen LogP contribution in [0.4, 0.5) is 0 Å². The Morgan fingerprint density at radius 3 is 2.41 bits per heavy atom. The molecule has 3 amide bonds. The second kappa shape index (κ2) is 21.7. The Labute approximate surface area is 325 Å². The Morgan fingerprint density at radius 2 is 1.80 bits per heavy atom. The van der Waals surface area contributed by atoms with Gasteiger partial charge in [0.25, 0.3) is 11.8 Å². The highest BCUT2D eigenvalue weighted by Gasteiger charge is 2.36. The molecule has 1 fully saturated rings. The number of benzene rings is 1. The molecule has 3 N–H and O–H groups in total. The Morgan fingerprint density at radius 1 is 1.09 bits per heavy atom. The molecule has 2 aromatic rings. The number of rotatable bonds is 20. The van der Waals surface area contributed by atoms with Crippen molar-refractivity contribution in [3.8, 4) is 5.75 Å². The van der Waals surface area contributed by atoms with Gasteiger partial charge in [0, 0.05) is 36.2 Å². The van der Waals surface area contributed by atoms with Crippen LogP contribution in [0.25, 0.3) is 0 Å². The van der Waals surface area contributed by atoms with E-state index < -0.39 is 12.0 Å². The molecule has 1 aromatic heterocycles. The number of hydrogen-bond donors (Lipinski definition) is 3. The van der Waals surface area contributed by atoms with Crippen LogP contribution in [0, 0.1) is 11.8 Å². The zero-order valence-corrected chi connectivity index (χ0v) is 34.2. The van der Waals surface area contributed by atoms with Crippen LogP contribution in [0.3, 0.4) is 0 Å². The molecule has 298 valence electrons. The summed E-state index contributed by atoms with van der Waals surface area (Å²) in [5, 5.41) is 18.2. The van der Waals surface area contributed by atoms with Gasteiger partial charge in [0.05, 0.1) is 11.0 Å². The van der Waals surface area contributed by atoms with E-state index in [1.807, 2.05) is 59.6 Å². The Kier molecular flexibility index (Phi) is 17.8. The van der Waals surface area contributed by atoms with E-state index in [0.717, 1.165) is 31.4 Å². The van der Waals surface area contributed by atoms with E-state index in [1.54, 1.807) is 41.5 Å². The number of allylic oxidation sites excluding steroid dienone is 1. The lowest BCUT2D eigenvalue weighted by molar-refractivity contribution is -0.157. The SMILES string of the molecule is C/C=C(\C)[C@H](NC(=O)[C@H]1CCCCN1C)C(=O)N(COC(=O)CCC)[C@H](CCc1nc(C(=O)N[C@@H](Cc2ccc(O)cc2)C[C@H](C)C(C)=O)cs1)C(C)C. The number of hydrogen-bond acceptors (Lipinski definition) is 10. The molecule has 1 aromatic carbocycles. The predicted molar refractivity (Wildman–Crippen MR) is 211 cm³/mol. The lowest BCUT2D eigenvalue weighted by Gasteiger charge is -2.37. The molecule has 0 spiro atoms. The van der Waals surface area contributed by atoms with Crippen molar-refractivity contribution in [1.29, 1.82) is 0 Å². The van der Waals surface area contributed by atoms with Gasteiger partial charge in [0.2, 0.25) is 5.91 Å². The number of carbonyl (C=O) groups is 5. The molecule has 2 heterocycles. The molecule has 1 saturated heterocycles. The molecule has 0 saturated carbocycles. The molecule has 12 nitrogen and oxygen atoms in total. The van der Waals surface area contributed by atoms with Crippen molar-refractivity contribution >= 4 is 40.8 Å². The summed E-state index contributed by atoms with van der Waals surface area (Å²) in [4.78, 5) is 74.4. The van der Waals surface area contributed by atoms with Gasteiger partial charge in [-0.05, 0) is 102 Å². The van der Waals surface area contributed by atoms with E-state index >= 15 is 0 Å². The highest BCUT2D eigenvalue weighted by atomic mass is 32.1. The maximum Gasteiger partial charge on any atom is 0.307 e. The highest BCUT2D eigenvalue weighted by Crippen LogP contribution is 2.24. The first-order valence-electron chi connectivity index (χ1n) is 19.3. The van der Waals surface area contributed by atoms with Crippen LogP contribution in [-0.4, -0.2) is 93.9 Å². The van der Waals surface area contributed by atoms with Crippen molar-refractivity contribution in [3.05, 3.63) is 57.6 Å². The van der Waals surface area contributed by atoms with Crippen molar-refractivity contribution < 1.29 is 33.8 Å². The first-order valence-corrected chi connectivity index (χ1v) is 20.2. The molecule has 3 rings (SSSR count). The molecule has 0 unspecified atom stereocenters. The maximum absolute atomic E-state index is 14.5. The Bertz CT molecular complexity index is 1590. The number of ketones is 1. The van der Waals surface area contributed by atoms with E-state index in [-0.39, 0.29) is 78.1 Å². The first kappa shape index (κ1) is 44.3. The molecule has 1 aliphatic rings. The fraction of sp³-hybridized carbons (Fsp3) is 0.610. The van der Waals surface area contributed by atoms with E-state index in [2.05, 4.69) is 15.6 Å². The van der Waals surface area contributed by atoms with Gasteiger partial charge in [-0.3, -0.25) is 28.9 Å². The van der Waals surface area contributed by atoms with Crippen molar-refractivity contribution in [2.45, 2.75) is 130 Å². The van der Waals surface area contributed by atoms with Crippen molar-refractivity contribution in [3.63, 3.8) is 0 Å². The zero-order chi connectivity index (χ0) is 39.9. The second-order valence-electron chi connectivity index (χ2n) is 14.9. The van der Waals surface area contributed by atoms with Crippen LogP contribution in [-0.2, 0) is 36.8 Å². The molecule has 5 atom stereocenters. The molecule has 0 bridgehead atoms. The number of phenols is 1. The van der Waals surface area contributed by atoms with Gasteiger partial charge in [-0.15, -0.1) is 11.3 Å². The number of nitrogens with zero attached hydrogens (tertiary/aromatic N) is 3. The number of likely N-dealkylation sites (tertiary alicyclic amines) is 1. The Balaban J connectivity index is 1.81. The number of ether oxygens (including phenoxy) is 1. The van der Waals surface area contributed by atoms with Gasteiger partial charge in [0.15, 0.2) is 6.73 Å². The second-order valence-corrected chi connectivity index (χ2v) is 15.9. The number of nitrogens with one attached hydrogen (secondary N) is 2. The lowest BCUT2D eigenvalue weighted by atomic mass is 9.93. The number of likely N-dealkylation sites (N-methyl/N-ethyl adjacent to an activating group) is 1. The fourth-order valence-corrected chi connectivity index (χ4v) is 7.49. The minimum absolute atomic E-state index is 0.0367. The van der Waals surface area contributed by atoms with Crippen LogP contribution in [0.2, 0.25) is 0 Å². The van der Waals surface area contributed by atoms with Crippen LogP contribution < -0.4 is 10.6 Å². The summed E-state index contributed by atoms with van der Waals surface area (Å²) in [6.07, 6.45) is 7.20. The molecule has 0 radical (unpaired) electrons. The third kappa shape index (κ3) is 13.3. The topological polar surface area (TPSA) is 158 Å². The Hall–Kier alpha value is -4.10. The predicted octanol–water partition coefficient (Wildman–Crippen LogP) is 5.83. The maximum atomic E-state index is 14.5. The summed E-state index contributed by atoms with van der Waals surface area (Å²) in [5.74, 6) is -1.40. The largest absolute Gasteiger partial charge is 0.508 e. The van der Waals surface area contributed by atoms with Crippen molar-refractivity contribution in [1.82, 2.24) is 25.4 Å². The van der Waals surface area contributed by atoms with E-state index in [0.29, 0.717) is 42.7 Å². The third-order valence-electron chi connectivity index (χ3n) is 10.3. The van der Waals surface area contributed by atoms with Gasteiger partial charge in [-0.25, -0.2) is 4.98 Å². The molecule has 1 aliphatic heterocycles. The standard InChI is InChI=1S/C41H61N5O7S/c1-9-13-37(49)53-25-46(41(52)38(27(5)10-2)44-40(51)35-14-11-12-21-45(35)8)34(26(3)4)19-20-36-43-33(24-54-36)39(50)42-31(22-28(6)29(7)47)23-30-15-17-32(48)18-16-30/h10,15-18,24,26,28,31,34-35,38,48H,9,11-14,19-23,25H2,1-8H3,(H,42,50)(H,44,51)/b27-10+/t28-,31+,34+,35+,38-/m0/s1. The van der Waals surface area contributed by atoms with Crippen LogP contribution in [0.15, 0.2) is 41.3 Å². The normalized spacial score (nSPS) is 17.3. The number of carbonyl (C=O) groups excluding carboxylic acids is 5. The van der Waals surface area contributed by atoms with Crippen LogP contribution >= 0.6 is 11.3 Å². The summed E-state index contributed by atoms with van der Waals surface area (Å²) in [6, 6.07) is 4.81. The van der Waals surface area contributed by atoms with Crippen molar-refractivity contribution in [2.24, 2.45) is 11.8 Å². The number of amides is 3. The third-order valence-corrected chi connectivity index (χ3v) is 11.2. The first-order chi connectivity index (χ1) is 25.6.